The molecule has 1 saturated heterocycles. The third-order valence-electron chi connectivity index (χ3n) is 6.42. The first-order chi connectivity index (χ1) is 22.5. The Bertz CT molecular complexity index is 1820. The molecule has 5 atom stereocenters. The molecular weight excluding hydrogens is 705 g/mol. The number of nitrogens with one attached hydrogen (secondary N) is 3. The van der Waals surface area contributed by atoms with Crippen LogP contribution in [0, 0.1) is 11.8 Å². The van der Waals surface area contributed by atoms with Crippen molar-refractivity contribution in [1.29, 1.82) is 0 Å². The van der Waals surface area contributed by atoms with E-state index < -0.39 is 54.4 Å². The summed E-state index contributed by atoms with van der Waals surface area (Å²) in [7, 11) is -16.7. The first-order valence-corrected chi connectivity index (χ1v) is 18.3. The zero-order valence-electron chi connectivity index (χ0n) is 24.6. The Morgan fingerprint density at radius 3 is 2.52 bits per heavy atom. The molecule has 10 N–H and O–H groups in total. The first kappa shape index (κ1) is 37.3. The monoisotopic (exact) mass is 736 g/mol. The Morgan fingerprint density at radius 2 is 1.83 bits per heavy atom. The van der Waals surface area contributed by atoms with Crippen molar-refractivity contribution in [2.45, 2.75) is 44.1 Å². The minimum absolute atomic E-state index is 0.0149. The molecule has 25 heteroatoms. The van der Waals surface area contributed by atoms with Crippen LogP contribution in [0.2, 0.25) is 0 Å². The van der Waals surface area contributed by atoms with Gasteiger partial charge in [-0.2, -0.15) is 8.62 Å². The van der Waals surface area contributed by atoms with Gasteiger partial charge in [0.25, 0.3) is 0 Å². The molecule has 3 aromatic heterocycles. The van der Waals surface area contributed by atoms with E-state index in [-0.39, 0.29) is 43.2 Å². The summed E-state index contributed by atoms with van der Waals surface area (Å²) in [4.78, 5) is 75.4. The Morgan fingerprint density at radius 1 is 1.10 bits per heavy atom. The average Bonchev–Trinajstić information content (AvgIpc) is 3.71. The Kier molecular flexibility index (Phi) is 12.3. The molecule has 22 nitrogen and oxygen atoms in total. The van der Waals surface area contributed by atoms with Crippen LogP contribution in [0.3, 0.4) is 0 Å². The first-order valence-electron chi connectivity index (χ1n) is 13.7. The summed E-state index contributed by atoms with van der Waals surface area (Å²) in [6, 6.07) is 0. The number of nitrogens with two attached hydrogens (primary N) is 1. The van der Waals surface area contributed by atoms with Gasteiger partial charge in [-0.1, -0.05) is 11.8 Å². The summed E-state index contributed by atoms with van der Waals surface area (Å²) in [5, 5.41) is 16.1. The van der Waals surface area contributed by atoms with Gasteiger partial charge in [0.1, 0.15) is 30.1 Å². The van der Waals surface area contributed by atoms with Gasteiger partial charge in [0.15, 0.2) is 0 Å². The number of aromatic nitrogens is 5. The molecule has 4 rings (SSSR count). The van der Waals surface area contributed by atoms with E-state index in [1.165, 1.54) is 23.4 Å². The molecule has 48 heavy (non-hydrogen) atoms. The highest BCUT2D eigenvalue weighted by molar-refractivity contribution is 7.66. The molecule has 4 heterocycles. The van der Waals surface area contributed by atoms with Crippen molar-refractivity contribution in [3.63, 3.8) is 0 Å². The van der Waals surface area contributed by atoms with Gasteiger partial charge in [-0.25, -0.2) is 28.6 Å². The van der Waals surface area contributed by atoms with E-state index in [1.807, 2.05) is 0 Å². The summed E-state index contributed by atoms with van der Waals surface area (Å²) in [6.45, 7) is -0.541. The largest absolute Gasteiger partial charge is 0.490 e. The second-order valence-electron chi connectivity index (χ2n) is 9.98. The highest BCUT2D eigenvalue weighted by Crippen LogP contribution is 2.66. The van der Waals surface area contributed by atoms with Crippen LogP contribution >= 0.6 is 23.5 Å². The number of rotatable bonds is 15. The number of H-pyrrole nitrogens is 1. The molecule has 0 bridgehead atoms. The summed E-state index contributed by atoms with van der Waals surface area (Å²) in [5.41, 5.74) is 7.52. The number of hydrogen-bond acceptors (Lipinski definition) is 14. The second kappa shape index (κ2) is 15.8. The van der Waals surface area contributed by atoms with Crippen molar-refractivity contribution in [3.8, 4) is 11.8 Å². The van der Waals surface area contributed by atoms with Crippen molar-refractivity contribution in [2.75, 3.05) is 25.4 Å². The normalized spacial score (nSPS) is 20.4. The lowest BCUT2D eigenvalue weighted by Crippen LogP contribution is -2.29. The van der Waals surface area contributed by atoms with Crippen molar-refractivity contribution in [2.24, 2.45) is 0 Å². The Hall–Kier alpha value is -3.54. The number of carbonyl (C=O) groups excluding carboxylic acids is 2. The van der Waals surface area contributed by atoms with E-state index in [1.54, 1.807) is 6.20 Å². The molecule has 0 spiro atoms. The minimum atomic E-state index is -5.73. The lowest BCUT2D eigenvalue weighted by molar-refractivity contribution is -0.126. The molecule has 0 saturated carbocycles. The van der Waals surface area contributed by atoms with E-state index in [0.717, 1.165) is 5.69 Å². The molecule has 2 amide bonds. The van der Waals surface area contributed by atoms with Crippen molar-refractivity contribution in [1.82, 2.24) is 35.1 Å². The summed E-state index contributed by atoms with van der Waals surface area (Å²) < 4.78 is 53.5. The number of imidazole rings is 1. The fourth-order valence-corrected chi connectivity index (χ4v) is 7.40. The van der Waals surface area contributed by atoms with Crippen molar-refractivity contribution >= 4 is 52.1 Å². The van der Waals surface area contributed by atoms with Gasteiger partial charge in [-0.15, -0.1) is 0 Å². The SMILES string of the molecule is Nc1ncnc2c1c(C#CCNC(=O)CCC(=O)NCCc1cnc[nH]1)cn2[C@H]1C[C@H](O)[C@@H](COP(=O)(O)OP(=O)(O)OP(=O)(O)O)O1. The second-order valence-corrected chi connectivity index (χ2v) is 14.4. The van der Waals surface area contributed by atoms with Crippen molar-refractivity contribution in [3.05, 3.63) is 36.3 Å². The van der Waals surface area contributed by atoms with Gasteiger partial charge in [0.05, 0.1) is 36.5 Å². The molecule has 3 aromatic rings. The van der Waals surface area contributed by atoms with Crippen LogP contribution in [0.15, 0.2) is 25.0 Å². The lowest BCUT2D eigenvalue weighted by Gasteiger charge is -2.19. The zero-order valence-corrected chi connectivity index (χ0v) is 27.3. The number of ether oxygens (including phenoxy) is 1. The quantitative estimate of drug-likeness (QED) is 0.0690. The fourth-order valence-electron chi connectivity index (χ4n) is 4.37. The number of phosphoric acid groups is 3. The standard InChI is InChI=1S/C23H31N8O14P3/c24-22-21-14(2-1-6-26-18(33)3-4-19(34)27-7-5-15-9-25-12-28-15)10-31(23(21)30-13-29-22)20-8-16(32)17(43-20)11-42-47(38,39)45-48(40,41)44-46(35,36)37/h9-10,12-13,16-17,20,32H,3-8,11H2,(H,25,28)(H,26,33)(H,27,34)(H,38,39)(H,40,41)(H2,24,29,30)(H2,35,36,37)/t16-,17+,20+/m0/s1. The summed E-state index contributed by atoms with van der Waals surface area (Å²) in [6.07, 6.45) is 2.72. The van der Waals surface area contributed by atoms with E-state index in [9.17, 15) is 38.2 Å². The Labute approximate surface area is 270 Å². The maximum absolute atomic E-state index is 12.2. The lowest BCUT2D eigenvalue weighted by atomic mass is 10.2. The average molecular weight is 736 g/mol. The third-order valence-corrected chi connectivity index (χ3v) is 10.2. The number of amides is 2. The molecule has 0 aliphatic carbocycles. The molecule has 1 fully saturated rings. The van der Waals surface area contributed by atoms with Crippen LogP contribution in [0.5, 0.6) is 0 Å². The number of phosphoric ester groups is 1. The fraction of sp³-hybridized carbons (Fsp3) is 0.435. The molecular formula is C23H31N8O14P3. The highest BCUT2D eigenvalue weighted by Gasteiger charge is 2.43. The van der Waals surface area contributed by atoms with Crippen LogP contribution in [0.25, 0.3) is 11.0 Å². The van der Waals surface area contributed by atoms with E-state index in [0.29, 0.717) is 23.9 Å². The van der Waals surface area contributed by atoms with Gasteiger partial charge in [-0.3, -0.25) is 14.1 Å². The minimum Gasteiger partial charge on any atom is -0.390 e. The predicted octanol–water partition coefficient (Wildman–Crippen LogP) is -0.665. The number of nitrogens with zero attached hydrogens (tertiary/aromatic N) is 4. The number of aliphatic hydroxyl groups is 1. The molecule has 0 aromatic carbocycles. The zero-order chi connectivity index (χ0) is 35.1. The highest BCUT2D eigenvalue weighted by atomic mass is 31.3. The molecule has 262 valence electrons. The Balaban J connectivity index is 1.32. The predicted molar refractivity (Wildman–Crippen MR) is 161 cm³/mol. The number of hydrogen-bond donors (Lipinski definition) is 9. The van der Waals surface area contributed by atoms with E-state index in [4.69, 9.17) is 20.3 Å². The number of nitrogen functional groups attached to an aromatic ring is 1. The maximum Gasteiger partial charge on any atom is 0.490 e. The van der Waals surface area contributed by atoms with Gasteiger partial charge in [0.2, 0.25) is 11.8 Å². The molecule has 2 unspecified atom stereocenters. The van der Waals surface area contributed by atoms with Crippen LogP contribution in [-0.2, 0) is 47.6 Å². The topological polar surface area (TPSA) is 333 Å². The summed E-state index contributed by atoms with van der Waals surface area (Å²) >= 11 is 0. The number of anilines is 1. The van der Waals surface area contributed by atoms with Gasteiger partial charge in [0, 0.05) is 50.3 Å². The van der Waals surface area contributed by atoms with Crippen LogP contribution in [0.1, 0.15) is 36.7 Å². The smallest absolute Gasteiger partial charge is 0.390 e. The van der Waals surface area contributed by atoms with Gasteiger partial charge in [-0.05, 0) is 0 Å². The van der Waals surface area contributed by atoms with E-state index in [2.05, 4.69) is 55.6 Å². The number of aromatic amines is 1. The van der Waals surface area contributed by atoms with Crippen LogP contribution in [-0.4, -0.2) is 92.9 Å². The third kappa shape index (κ3) is 11.0. The van der Waals surface area contributed by atoms with E-state index >= 15 is 0 Å². The molecule has 0 radical (unpaired) electrons. The van der Waals surface area contributed by atoms with Gasteiger partial charge >= 0.3 is 23.5 Å². The summed E-state index contributed by atoms with van der Waals surface area (Å²) in [5.74, 6) is 5.02. The van der Waals surface area contributed by atoms with Crippen LogP contribution < -0.4 is 16.4 Å². The number of aliphatic hydroxyl groups excluding tert-OH is 1. The maximum atomic E-state index is 12.2. The molecule has 1 aliphatic rings. The number of carbonyl (C=O) groups is 2. The molecule has 1 aliphatic heterocycles. The van der Waals surface area contributed by atoms with Crippen LogP contribution in [0.4, 0.5) is 5.82 Å². The van der Waals surface area contributed by atoms with Crippen molar-refractivity contribution < 1.29 is 65.8 Å². The number of fused-ring (bicyclic) bond motifs is 1. The van der Waals surface area contributed by atoms with Gasteiger partial charge < -0.3 is 55.3 Å².